The Morgan fingerprint density at radius 2 is 1.62 bits per heavy atom. The van der Waals surface area contributed by atoms with Crippen LogP contribution in [0.15, 0.2) is 71.6 Å². The number of para-hydroxylation sites is 1. The number of fused-ring (bicyclic) bond motifs is 1. The van der Waals surface area contributed by atoms with Gasteiger partial charge in [-0.05, 0) is 82.0 Å². The third kappa shape index (κ3) is 6.52. The minimum absolute atomic E-state index is 0. The van der Waals surface area contributed by atoms with Gasteiger partial charge in [-0.3, -0.25) is 14.0 Å². The number of benzene rings is 3. The van der Waals surface area contributed by atoms with Crippen LogP contribution in [0.5, 0.6) is 5.75 Å². The van der Waals surface area contributed by atoms with E-state index in [1.807, 2.05) is 39.2 Å². The molecule has 0 atom stereocenters. The molecule has 1 amide bonds. The highest BCUT2D eigenvalue weighted by Crippen LogP contribution is 2.37. The van der Waals surface area contributed by atoms with Gasteiger partial charge < -0.3 is 9.64 Å². The summed E-state index contributed by atoms with van der Waals surface area (Å²) in [7, 11) is 3.32. The number of nitrogens with zero attached hydrogens (tertiary/aromatic N) is 4. The predicted molar refractivity (Wildman–Crippen MR) is 161 cm³/mol. The molecule has 39 heavy (non-hydrogen) atoms. The monoisotopic (exact) mass is 588 g/mol. The largest absolute Gasteiger partial charge is 0.494 e. The van der Waals surface area contributed by atoms with Crippen molar-refractivity contribution in [3.63, 3.8) is 0 Å². The number of aromatic nitrogens is 1. The van der Waals surface area contributed by atoms with Crippen molar-refractivity contribution in [1.82, 2.24) is 9.88 Å². The van der Waals surface area contributed by atoms with Gasteiger partial charge in [0.25, 0.3) is 15.9 Å². The minimum Gasteiger partial charge on any atom is -0.494 e. The van der Waals surface area contributed by atoms with Crippen LogP contribution in [0, 0.1) is 6.92 Å². The molecule has 0 spiro atoms. The Hall–Kier alpha value is -3.18. The molecule has 0 radical (unpaired) electrons. The van der Waals surface area contributed by atoms with Crippen molar-refractivity contribution in [2.45, 2.75) is 18.2 Å². The molecule has 1 heterocycles. The van der Waals surface area contributed by atoms with Crippen molar-refractivity contribution < 1.29 is 17.9 Å². The molecule has 0 fully saturated rings. The van der Waals surface area contributed by atoms with Gasteiger partial charge in [-0.25, -0.2) is 13.4 Å². The number of methoxy groups -OCH3 is 1. The summed E-state index contributed by atoms with van der Waals surface area (Å²) in [6.45, 7) is 3.28. The molecule has 8 nitrogen and oxygen atoms in total. The molecule has 0 saturated carbocycles. The molecular formula is C28H33ClN4O4S2. The number of carbonyl (C=O) groups is 1. The van der Waals surface area contributed by atoms with Crippen molar-refractivity contribution >= 4 is 60.7 Å². The van der Waals surface area contributed by atoms with Crippen molar-refractivity contribution in [2.24, 2.45) is 0 Å². The number of amides is 1. The van der Waals surface area contributed by atoms with Gasteiger partial charge in [-0.15, -0.1) is 12.4 Å². The van der Waals surface area contributed by atoms with Gasteiger partial charge >= 0.3 is 0 Å². The number of aryl methyl sites for hydroxylation is 1. The second-order valence-corrected chi connectivity index (χ2v) is 12.2. The fourth-order valence-corrected chi connectivity index (χ4v) is 6.34. The number of hydrogen-bond donors (Lipinski definition) is 0. The number of ether oxygens (including phenoxy) is 1. The first-order chi connectivity index (χ1) is 18.1. The van der Waals surface area contributed by atoms with Gasteiger partial charge in [-0.2, -0.15) is 0 Å². The van der Waals surface area contributed by atoms with E-state index in [1.165, 1.54) is 34.8 Å². The summed E-state index contributed by atoms with van der Waals surface area (Å²) in [5.74, 6) is 0.422. The van der Waals surface area contributed by atoms with Crippen molar-refractivity contribution in [3.8, 4) is 5.75 Å². The Bertz CT molecular complexity index is 1520. The molecule has 3 aromatic carbocycles. The first-order valence-electron chi connectivity index (χ1n) is 12.2. The Labute approximate surface area is 240 Å². The summed E-state index contributed by atoms with van der Waals surface area (Å²) in [4.78, 5) is 22.4. The number of sulfonamides is 1. The van der Waals surface area contributed by atoms with E-state index in [4.69, 9.17) is 9.72 Å². The maximum atomic E-state index is 13.7. The number of rotatable bonds is 10. The van der Waals surface area contributed by atoms with Crippen molar-refractivity contribution in [3.05, 3.63) is 77.9 Å². The normalized spacial score (nSPS) is 11.3. The smallest absolute Gasteiger partial charge is 0.264 e. The summed E-state index contributed by atoms with van der Waals surface area (Å²) in [5.41, 5.74) is 2.73. The molecule has 208 valence electrons. The Balaban J connectivity index is 0.00000420. The van der Waals surface area contributed by atoms with Crippen LogP contribution in [-0.4, -0.2) is 65.6 Å². The van der Waals surface area contributed by atoms with Crippen LogP contribution in [-0.2, 0) is 10.0 Å². The lowest BCUT2D eigenvalue weighted by atomic mass is 10.2. The van der Waals surface area contributed by atoms with Gasteiger partial charge in [0, 0.05) is 19.2 Å². The first kappa shape index (κ1) is 30.4. The van der Waals surface area contributed by atoms with E-state index in [2.05, 4.69) is 4.90 Å². The van der Waals surface area contributed by atoms with Crippen LogP contribution in [0.3, 0.4) is 0 Å². The second-order valence-electron chi connectivity index (χ2n) is 9.20. The predicted octanol–water partition coefficient (Wildman–Crippen LogP) is 5.46. The number of hydrogen-bond acceptors (Lipinski definition) is 7. The van der Waals surface area contributed by atoms with Crippen LogP contribution < -0.4 is 13.9 Å². The van der Waals surface area contributed by atoms with Crippen molar-refractivity contribution in [2.75, 3.05) is 50.5 Å². The average Bonchev–Trinajstić information content (AvgIpc) is 3.37. The SMILES string of the molecule is COc1ccc(C)c2sc(N(CCCN(C)C)C(=O)c3ccc(S(=O)(=O)N(C)c4ccccc4)cc3)nc12.Cl. The third-order valence-corrected chi connectivity index (χ3v) is 9.27. The summed E-state index contributed by atoms with van der Waals surface area (Å²) in [6, 6.07) is 18.8. The maximum absolute atomic E-state index is 13.7. The number of anilines is 2. The van der Waals surface area contributed by atoms with Gasteiger partial charge in [-0.1, -0.05) is 35.6 Å². The van der Waals surface area contributed by atoms with Gasteiger partial charge in [0.15, 0.2) is 5.13 Å². The molecule has 0 aliphatic carbocycles. The number of thiazole rings is 1. The molecule has 11 heteroatoms. The third-order valence-electron chi connectivity index (χ3n) is 6.25. The maximum Gasteiger partial charge on any atom is 0.264 e. The van der Waals surface area contributed by atoms with E-state index in [-0.39, 0.29) is 23.2 Å². The Morgan fingerprint density at radius 1 is 0.949 bits per heavy atom. The van der Waals surface area contributed by atoms with Crippen LogP contribution in [0.4, 0.5) is 10.8 Å². The number of halogens is 1. The molecule has 4 rings (SSSR count). The molecule has 0 N–H and O–H groups in total. The zero-order valence-corrected chi connectivity index (χ0v) is 25.1. The van der Waals surface area contributed by atoms with E-state index in [0.29, 0.717) is 28.7 Å². The fraction of sp³-hybridized carbons (Fsp3) is 0.286. The summed E-state index contributed by atoms with van der Waals surface area (Å²) < 4.78 is 34.0. The van der Waals surface area contributed by atoms with Crippen LogP contribution in [0.2, 0.25) is 0 Å². The Kier molecular flexibility index (Phi) is 9.95. The highest BCUT2D eigenvalue weighted by atomic mass is 35.5. The standard InChI is InChI=1S/C28H32N4O4S2.ClH/c1-20-12-17-24(36-5)25-26(20)37-28(29-25)32(19-9-18-30(2)3)27(33)21-13-15-23(16-14-21)38(34,35)31(4)22-10-7-6-8-11-22;/h6-8,10-17H,9,18-19H2,1-5H3;1H. The van der Waals surface area contributed by atoms with E-state index in [0.717, 1.165) is 28.7 Å². The van der Waals surface area contributed by atoms with E-state index in [9.17, 15) is 13.2 Å². The van der Waals surface area contributed by atoms with Crippen LogP contribution >= 0.6 is 23.7 Å². The molecule has 0 unspecified atom stereocenters. The molecular weight excluding hydrogens is 556 g/mol. The summed E-state index contributed by atoms with van der Waals surface area (Å²) >= 11 is 1.45. The van der Waals surface area contributed by atoms with E-state index >= 15 is 0 Å². The molecule has 0 aliphatic heterocycles. The summed E-state index contributed by atoms with van der Waals surface area (Å²) in [5, 5.41) is 0.580. The zero-order chi connectivity index (χ0) is 27.4. The van der Waals surface area contributed by atoms with Crippen molar-refractivity contribution in [1.29, 1.82) is 0 Å². The highest BCUT2D eigenvalue weighted by Gasteiger charge is 2.25. The zero-order valence-electron chi connectivity index (χ0n) is 22.6. The summed E-state index contributed by atoms with van der Waals surface area (Å²) in [6.07, 6.45) is 0.749. The lowest BCUT2D eigenvalue weighted by molar-refractivity contribution is 0.0986. The number of carbonyl (C=O) groups excluding carboxylic acids is 1. The first-order valence-corrected chi connectivity index (χ1v) is 14.4. The van der Waals surface area contributed by atoms with Gasteiger partial charge in [0.2, 0.25) is 0 Å². The minimum atomic E-state index is -3.78. The quantitative estimate of drug-likeness (QED) is 0.245. The van der Waals surface area contributed by atoms with Crippen LogP contribution in [0.25, 0.3) is 10.2 Å². The molecule has 0 bridgehead atoms. The molecule has 0 aliphatic rings. The van der Waals surface area contributed by atoms with E-state index in [1.54, 1.807) is 48.4 Å². The van der Waals surface area contributed by atoms with E-state index < -0.39 is 10.0 Å². The highest BCUT2D eigenvalue weighted by molar-refractivity contribution is 7.92. The molecule has 4 aromatic rings. The second kappa shape index (κ2) is 12.8. The fourth-order valence-electron chi connectivity index (χ4n) is 4.07. The lowest BCUT2D eigenvalue weighted by Gasteiger charge is -2.22. The molecule has 0 saturated heterocycles. The Morgan fingerprint density at radius 3 is 2.23 bits per heavy atom. The molecule has 1 aromatic heterocycles. The topological polar surface area (TPSA) is 83.0 Å². The van der Waals surface area contributed by atoms with Crippen LogP contribution in [0.1, 0.15) is 22.3 Å². The van der Waals surface area contributed by atoms with Gasteiger partial charge in [0.1, 0.15) is 11.3 Å². The average molecular weight is 589 g/mol. The van der Waals surface area contributed by atoms with Gasteiger partial charge in [0.05, 0.1) is 22.4 Å². The lowest BCUT2D eigenvalue weighted by Crippen LogP contribution is -2.33.